The molecule has 0 bridgehead atoms. The summed E-state index contributed by atoms with van der Waals surface area (Å²) in [5.41, 5.74) is 3.54. The summed E-state index contributed by atoms with van der Waals surface area (Å²) >= 11 is 0. The summed E-state index contributed by atoms with van der Waals surface area (Å²) < 4.78 is 32.3. The van der Waals surface area contributed by atoms with E-state index in [9.17, 15) is 13.2 Å². The van der Waals surface area contributed by atoms with Crippen molar-refractivity contribution in [2.24, 2.45) is 13.0 Å². The number of aromatic nitrogens is 1. The highest BCUT2D eigenvalue weighted by Crippen LogP contribution is 2.24. The van der Waals surface area contributed by atoms with Crippen LogP contribution in [0.2, 0.25) is 0 Å². The Morgan fingerprint density at radius 1 is 1.03 bits per heavy atom. The van der Waals surface area contributed by atoms with Gasteiger partial charge in [-0.05, 0) is 42.0 Å². The molecule has 0 aliphatic carbocycles. The number of ether oxygens (including phenoxy) is 1. The molecule has 0 spiro atoms. The summed E-state index contributed by atoms with van der Waals surface area (Å²) in [4.78, 5) is 15.1. The molecule has 4 rings (SSSR count). The molecule has 30 heavy (non-hydrogen) atoms. The van der Waals surface area contributed by atoms with E-state index >= 15 is 0 Å². The van der Waals surface area contributed by atoms with Crippen LogP contribution < -0.4 is 10.3 Å². The van der Waals surface area contributed by atoms with Gasteiger partial charge in [0.1, 0.15) is 0 Å². The second kappa shape index (κ2) is 8.53. The Morgan fingerprint density at radius 3 is 2.27 bits per heavy atom. The van der Waals surface area contributed by atoms with Gasteiger partial charge in [0, 0.05) is 45.5 Å². The molecule has 2 aromatic rings. The third-order valence-corrected chi connectivity index (χ3v) is 7.49. The molecule has 8 heteroatoms. The van der Waals surface area contributed by atoms with Crippen LogP contribution in [0.4, 0.5) is 0 Å². The van der Waals surface area contributed by atoms with Gasteiger partial charge in [0.15, 0.2) is 5.75 Å². The topological polar surface area (TPSA) is 71.8 Å². The third-order valence-electron chi connectivity index (χ3n) is 6.18. The summed E-state index contributed by atoms with van der Waals surface area (Å²) in [5.74, 6) is 0.618. The van der Waals surface area contributed by atoms with E-state index in [0.29, 0.717) is 32.0 Å². The number of benzene rings is 1. The van der Waals surface area contributed by atoms with Crippen LogP contribution in [0.25, 0.3) is 0 Å². The van der Waals surface area contributed by atoms with Gasteiger partial charge in [0.25, 0.3) is 5.56 Å². The average Bonchev–Trinajstić information content (AvgIpc) is 3.13. The van der Waals surface area contributed by atoms with E-state index in [1.807, 2.05) is 6.07 Å². The molecule has 1 aromatic carbocycles. The van der Waals surface area contributed by atoms with Crippen LogP contribution in [-0.4, -0.2) is 48.1 Å². The molecule has 7 nitrogen and oxygen atoms in total. The number of sulfonamides is 1. The van der Waals surface area contributed by atoms with Crippen molar-refractivity contribution < 1.29 is 13.2 Å². The molecule has 0 atom stereocenters. The lowest BCUT2D eigenvalue weighted by molar-refractivity contribution is 0.183. The standard InChI is InChI=1S/C22H29N3O4S/c1-23-20(15-24-13-18-5-3-4-6-19(18)14-24)7-8-21(22(23)26)29-16-17-9-11-25(12-10-17)30(2,27)28/h3-8,17H,9-16H2,1-2H3. The average molecular weight is 432 g/mol. The van der Waals surface area contributed by atoms with Gasteiger partial charge in [0.05, 0.1) is 12.9 Å². The summed E-state index contributed by atoms with van der Waals surface area (Å²) in [7, 11) is -1.34. The predicted octanol–water partition coefficient (Wildman–Crippen LogP) is 1.95. The number of piperidine rings is 1. The molecule has 2 aliphatic heterocycles. The van der Waals surface area contributed by atoms with E-state index in [2.05, 4.69) is 29.2 Å². The number of fused-ring (bicyclic) bond motifs is 1. The van der Waals surface area contributed by atoms with Gasteiger partial charge in [-0.1, -0.05) is 24.3 Å². The quantitative estimate of drug-likeness (QED) is 0.699. The fourth-order valence-corrected chi connectivity index (χ4v) is 5.15. The first-order chi connectivity index (χ1) is 14.3. The van der Waals surface area contributed by atoms with Crippen LogP contribution in [0, 0.1) is 5.92 Å². The Balaban J connectivity index is 1.34. The van der Waals surface area contributed by atoms with Crippen molar-refractivity contribution >= 4 is 10.0 Å². The molecule has 2 aliphatic rings. The first-order valence-corrected chi connectivity index (χ1v) is 12.2. The Bertz CT molecular complexity index is 1050. The van der Waals surface area contributed by atoms with Crippen molar-refractivity contribution in [2.45, 2.75) is 32.5 Å². The highest BCUT2D eigenvalue weighted by atomic mass is 32.2. The zero-order chi connectivity index (χ0) is 21.3. The van der Waals surface area contributed by atoms with Crippen molar-refractivity contribution in [3.05, 3.63) is 63.6 Å². The van der Waals surface area contributed by atoms with Crippen LogP contribution >= 0.6 is 0 Å². The van der Waals surface area contributed by atoms with Gasteiger partial charge in [-0.15, -0.1) is 0 Å². The Morgan fingerprint density at radius 2 is 1.67 bits per heavy atom. The van der Waals surface area contributed by atoms with E-state index in [1.165, 1.54) is 21.7 Å². The SMILES string of the molecule is Cn1c(CN2Cc3ccccc3C2)ccc(OCC2CCN(S(C)(=O)=O)CC2)c1=O. The molecular weight excluding hydrogens is 402 g/mol. The molecule has 1 fully saturated rings. The lowest BCUT2D eigenvalue weighted by Crippen LogP contribution is -2.39. The summed E-state index contributed by atoms with van der Waals surface area (Å²) in [6.07, 6.45) is 2.75. The minimum Gasteiger partial charge on any atom is -0.488 e. The van der Waals surface area contributed by atoms with Gasteiger partial charge < -0.3 is 9.30 Å². The summed E-state index contributed by atoms with van der Waals surface area (Å²) in [6, 6.07) is 12.2. The van der Waals surface area contributed by atoms with E-state index in [-0.39, 0.29) is 11.5 Å². The lowest BCUT2D eigenvalue weighted by Gasteiger charge is -2.30. The van der Waals surface area contributed by atoms with Gasteiger partial charge in [-0.3, -0.25) is 9.69 Å². The molecule has 0 amide bonds. The molecule has 0 unspecified atom stereocenters. The largest absolute Gasteiger partial charge is 0.488 e. The maximum Gasteiger partial charge on any atom is 0.292 e. The lowest BCUT2D eigenvalue weighted by atomic mass is 9.99. The Kier molecular flexibility index (Phi) is 5.99. The molecule has 1 saturated heterocycles. The summed E-state index contributed by atoms with van der Waals surface area (Å²) in [5, 5.41) is 0. The number of nitrogens with zero attached hydrogens (tertiary/aromatic N) is 3. The fraction of sp³-hybridized carbons (Fsp3) is 0.500. The number of pyridine rings is 1. The van der Waals surface area contributed by atoms with Gasteiger partial charge >= 0.3 is 0 Å². The van der Waals surface area contributed by atoms with Crippen molar-refractivity contribution in [3.8, 4) is 5.75 Å². The summed E-state index contributed by atoms with van der Waals surface area (Å²) in [6.45, 7) is 3.98. The maximum absolute atomic E-state index is 12.8. The minimum absolute atomic E-state index is 0.127. The van der Waals surface area contributed by atoms with Crippen molar-refractivity contribution in [2.75, 3.05) is 26.0 Å². The molecule has 1 aromatic heterocycles. The van der Waals surface area contributed by atoms with Crippen LogP contribution in [0.5, 0.6) is 5.75 Å². The van der Waals surface area contributed by atoms with Crippen molar-refractivity contribution in [1.29, 1.82) is 0 Å². The van der Waals surface area contributed by atoms with Crippen LogP contribution in [-0.2, 0) is 36.7 Å². The van der Waals surface area contributed by atoms with Crippen LogP contribution in [0.1, 0.15) is 29.7 Å². The molecule has 0 saturated carbocycles. The number of hydrogen-bond acceptors (Lipinski definition) is 5. The predicted molar refractivity (Wildman–Crippen MR) is 116 cm³/mol. The Labute approximate surface area is 177 Å². The zero-order valence-electron chi connectivity index (χ0n) is 17.6. The highest BCUT2D eigenvalue weighted by Gasteiger charge is 2.25. The van der Waals surface area contributed by atoms with E-state index < -0.39 is 10.0 Å². The molecule has 3 heterocycles. The number of hydrogen-bond donors (Lipinski definition) is 0. The highest BCUT2D eigenvalue weighted by molar-refractivity contribution is 7.88. The van der Waals surface area contributed by atoms with Crippen molar-refractivity contribution in [1.82, 2.24) is 13.8 Å². The van der Waals surface area contributed by atoms with E-state index in [4.69, 9.17) is 4.74 Å². The molecule has 0 radical (unpaired) electrons. The zero-order valence-corrected chi connectivity index (χ0v) is 18.4. The first kappa shape index (κ1) is 21.1. The normalized spacial score (nSPS) is 18.5. The minimum atomic E-state index is -3.13. The maximum atomic E-state index is 12.8. The first-order valence-electron chi connectivity index (χ1n) is 10.4. The molecule has 0 N–H and O–H groups in total. The third kappa shape index (κ3) is 4.61. The molecular formula is C22H29N3O4S. The van der Waals surface area contributed by atoms with Crippen LogP contribution in [0.15, 0.2) is 41.2 Å². The van der Waals surface area contributed by atoms with Gasteiger partial charge in [-0.25, -0.2) is 12.7 Å². The van der Waals surface area contributed by atoms with E-state index in [1.54, 1.807) is 17.7 Å². The van der Waals surface area contributed by atoms with Gasteiger partial charge in [-0.2, -0.15) is 0 Å². The second-order valence-corrected chi connectivity index (χ2v) is 10.4. The van der Waals surface area contributed by atoms with Crippen LogP contribution in [0.3, 0.4) is 0 Å². The monoisotopic (exact) mass is 431 g/mol. The molecule has 162 valence electrons. The smallest absolute Gasteiger partial charge is 0.292 e. The van der Waals surface area contributed by atoms with Crippen molar-refractivity contribution in [3.63, 3.8) is 0 Å². The Hall–Kier alpha value is -2.16. The fourth-order valence-electron chi connectivity index (χ4n) is 4.28. The van der Waals surface area contributed by atoms with E-state index in [0.717, 1.165) is 31.6 Å². The van der Waals surface area contributed by atoms with Gasteiger partial charge in [0.2, 0.25) is 10.0 Å². The second-order valence-electron chi connectivity index (χ2n) is 8.38. The number of rotatable bonds is 6.